The van der Waals surface area contributed by atoms with Crippen LogP contribution in [0.2, 0.25) is 0 Å². The number of anilines is 1. The van der Waals surface area contributed by atoms with E-state index in [2.05, 4.69) is 23.3 Å². The Hall–Kier alpha value is -2.25. The molecule has 0 amide bonds. The minimum Gasteiger partial charge on any atom is -0.504 e. The standard InChI is InChI=1S/C19H22N2O4S/c1-21(14-4-6-16-18(8-14)25-11-24-16)9-13-10-26-19(20-13)12-3-5-15(22)17(7-12)23-2/h3-8,13,19-20,22H,9-11H2,1-2H3. The average molecular weight is 374 g/mol. The zero-order valence-corrected chi connectivity index (χ0v) is 15.6. The number of likely N-dealkylation sites (N-methyl/N-ethyl adjacent to an activating group) is 1. The zero-order chi connectivity index (χ0) is 18.1. The fourth-order valence-corrected chi connectivity index (χ4v) is 4.49. The Morgan fingerprint density at radius 3 is 2.92 bits per heavy atom. The summed E-state index contributed by atoms with van der Waals surface area (Å²) in [5, 5.41) is 13.6. The summed E-state index contributed by atoms with van der Waals surface area (Å²) < 4.78 is 16.1. The highest BCUT2D eigenvalue weighted by atomic mass is 32.2. The van der Waals surface area contributed by atoms with Gasteiger partial charge in [-0.25, -0.2) is 0 Å². The van der Waals surface area contributed by atoms with E-state index in [0.717, 1.165) is 35.0 Å². The summed E-state index contributed by atoms with van der Waals surface area (Å²) >= 11 is 1.87. The number of phenolic OH excluding ortho intramolecular Hbond substituents is 1. The highest BCUT2D eigenvalue weighted by Crippen LogP contribution is 2.38. The molecule has 26 heavy (non-hydrogen) atoms. The largest absolute Gasteiger partial charge is 0.504 e. The molecule has 138 valence electrons. The number of methoxy groups -OCH3 is 1. The van der Waals surface area contributed by atoms with Gasteiger partial charge in [0.2, 0.25) is 6.79 Å². The van der Waals surface area contributed by atoms with Gasteiger partial charge in [0.05, 0.1) is 12.5 Å². The number of thioether (sulfide) groups is 1. The van der Waals surface area contributed by atoms with Crippen molar-refractivity contribution in [2.45, 2.75) is 11.4 Å². The maximum absolute atomic E-state index is 9.76. The molecule has 0 radical (unpaired) electrons. The van der Waals surface area contributed by atoms with E-state index in [9.17, 15) is 5.11 Å². The van der Waals surface area contributed by atoms with Crippen molar-refractivity contribution in [3.05, 3.63) is 42.0 Å². The second-order valence-electron chi connectivity index (χ2n) is 6.43. The third-order valence-corrected chi connectivity index (χ3v) is 5.99. The highest BCUT2D eigenvalue weighted by Gasteiger charge is 2.27. The Bertz CT molecular complexity index is 801. The van der Waals surface area contributed by atoms with Gasteiger partial charge in [-0.15, -0.1) is 11.8 Å². The number of phenols is 1. The number of ether oxygens (including phenoxy) is 3. The summed E-state index contributed by atoms with van der Waals surface area (Å²) in [6.45, 7) is 1.18. The maximum atomic E-state index is 9.76. The van der Waals surface area contributed by atoms with Crippen LogP contribution in [0, 0.1) is 0 Å². The first-order chi connectivity index (χ1) is 12.6. The number of rotatable bonds is 5. The van der Waals surface area contributed by atoms with Crippen LogP contribution in [0.3, 0.4) is 0 Å². The van der Waals surface area contributed by atoms with Crippen LogP contribution in [0.25, 0.3) is 0 Å². The predicted octanol–water partition coefficient (Wildman–Crippen LogP) is 2.97. The second-order valence-corrected chi connectivity index (χ2v) is 7.56. The van der Waals surface area contributed by atoms with Crippen molar-refractivity contribution in [3.63, 3.8) is 0 Å². The molecule has 7 heteroatoms. The topological polar surface area (TPSA) is 63.2 Å². The summed E-state index contributed by atoms with van der Waals surface area (Å²) in [6, 6.07) is 11.9. The van der Waals surface area contributed by atoms with Gasteiger partial charge in [0.25, 0.3) is 0 Å². The molecule has 2 heterocycles. The van der Waals surface area contributed by atoms with Crippen molar-refractivity contribution >= 4 is 17.4 Å². The van der Waals surface area contributed by atoms with E-state index >= 15 is 0 Å². The molecule has 2 unspecified atom stereocenters. The molecule has 1 fully saturated rings. The van der Waals surface area contributed by atoms with Crippen molar-refractivity contribution in [3.8, 4) is 23.0 Å². The van der Waals surface area contributed by atoms with Crippen molar-refractivity contribution in [2.75, 3.05) is 38.1 Å². The third-order valence-electron chi connectivity index (χ3n) is 4.65. The summed E-state index contributed by atoms with van der Waals surface area (Å²) in [6.07, 6.45) is 0. The first kappa shape index (κ1) is 17.2. The Labute approximate surface area is 157 Å². The molecule has 6 nitrogen and oxygen atoms in total. The van der Waals surface area contributed by atoms with Gasteiger partial charge in [-0.05, 0) is 29.8 Å². The maximum Gasteiger partial charge on any atom is 0.231 e. The number of aromatic hydroxyl groups is 1. The normalized spacial score (nSPS) is 21.0. The van der Waals surface area contributed by atoms with E-state index in [-0.39, 0.29) is 11.1 Å². The fourth-order valence-electron chi connectivity index (χ4n) is 3.24. The predicted molar refractivity (Wildman–Crippen MR) is 103 cm³/mol. The molecule has 2 aromatic carbocycles. The average Bonchev–Trinajstić information content (AvgIpc) is 3.30. The van der Waals surface area contributed by atoms with Crippen molar-refractivity contribution in [2.24, 2.45) is 0 Å². The van der Waals surface area contributed by atoms with Gasteiger partial charge in [0.15, 0.2) is 23.0 Å². The number of nitrogens with one attached hydrogen (secondary N) is 1. The molecule has 0 aliphatic carbocycles. The van der Waals surface area contributed by atoms with E-state index in [1.807, 2.05) is 36.0 Å². The summed E-state index contributed by atoms with van der Waals surface area (Å²) in [5.41, 5.74) is 2.22. The quantitative estimate of drug-likeness (QED) is 0.834. The lowest BCUT2D eigenvalue weighted by Gasteiger charge is -2.24. The van der Waals surface area contributed by atoms with Crippen molar-refractivity contribution in [1.29, 1.82) is 0 Å². The first-order valence-corrected chi connectivity index (χ1v) is 9.54. The number of benzene rings is 2. The van der Waals surface area contributed by atoms with Gasteiger partial charge in [0.1, 0.15) is 0 Å². The van der Waals surface area contributed by atoms with Gasteiger partial charge >= 0.3 is 0 Å². The lowest BCUT2D eigenvalue weighted by molar-refractivity contribution is 0.174. The fraction of sp³-hybridized carbons (Fsp3) is 0.368. The van der Waals surface area contributed by atoms with Crippen LogP contribution < -0.4 is 24.4 Å². The lowest BCUT2D eigenvalue weighted by atomic mass is 10.2. The smallest absolute Gasteiger partial charge is 0.231 e. The van der Waals surface area contributed by atoms with Gasteiger partial charge in [-0.2, -0.15) is 0 Å². The van der Waals surface area contributed by atoms with Gasteiger partial charge < -0.3 is 24.2 Å². The van der Waals surface area contributed by atoms with Crippen LogP contribution in [0.1, 0.15) is 10.9 Å². The van der Waals surface area contributed by atoms with Crippen LogP contribution in [0.15, 0.2) is 36.4 Å². The molecule has 1 saturated heterocycles. The number of nitrogens with zero attached hydrogens (tertiary/aromatic N) is 1. The van der Waals surface area contributed by atoms with Crippen LogP contribution in [-0.4, -0.2) is 44.4 Å². The minimum absolute atomic E-state index is 0.165. The molecular formula is C19H22N2O4S. The molecule has 0 saturated carbocycles. The summed E-state index contributed by atoms with van der Waals surface area (Å²) in [5.74, 6) is 3.29. The van der Waals surface area contributed by atoms with Crippen LogP contribution in [0.4, 0.5) is 5.69 Å². The summed E-state index contributed by atoms with van der Waals surface area (Å²) in [7, 11) is 3.65. The van der Waals surface area contributed by atoms with E-state index in [1.165, 1.54) is 0 Å². The van der Waals surface area contributed by atoms with Crippen molar-refractivity contribution in [1.82, 2.24) is 5.32 Å². The molecule has 2 aromatic rings. The summed E-state index contributed by atoms with van der Waals surface area (Å²) in [4.78, 5) is 2.22. The highest BCUT2D eigenvalue weighted by molar-refractivity contribution is 7.99. The second kappa shape index (κ2) is 7.17. The number of hydrogen-bond acceptors (Lipinski definition) is 7. The Kier molecular flexibility index (Phi) is 4.74. The minimum atomic E-state index is 0.165. The molecular weight excluding hydrogens is 352 g/mol. The Morgan fingerprint density at radius 1 is 1.23 bits per heavy atom. The number of hydrogen-bond donors (Lipinski definition) is 2. The first-order valence-electron chi connectivity index (χ1n) is 8.49. The van der Waals surface area contributed by atoms with Gasteiger partial charge in [-0.1, -0.05) is 6.07 Å². The Balaban J connectivity index is 1.39. The van der Waals surface area contributed by atoms with E-state index in [4.69, 9.17) is 14.2 Å². The van der Waals surface area contributed by atoms with E-state index in [1.54, 1.807) is 13.2 Å². The molecule has 0 aromatic heterocycles. The van der Waals surface area contributed by atoms with E-state index in [0.29, 0.717) is 18.6 Å². The van der Waals surface area contributed by atoms with E-state index < -0.39 is 0 Å². The SMILES string of the molecule is COc1cc(C2NC(CN(C)c3ccc4c(c3)OCO4)CS2)ccc1O. The number of fused-ring (bicyclic) bond motifs is 1. The van der Waals surface area contributed by atoms with Crippen molar-refractivity contribution < 1.29 is 19.3 Å². The molecule has 0 spiro atoms. The molecule has 0 bridgehead atoms. The zero-order valence-electron chi connectivity index (χ0n) is 14.8. The van der Waals surface area contributed by atoms with Gasteiger partial charge in [0, 0.05) is 37.1 Å². The molecule has 2 atom stereocenters. The molecule has 2 aliphatic heterocycles. The Morgan fingerprint density at radius 2 is 2.08 bits per heavy atom. The van der Waals surface area contributed by atoms with Crippen LogP contribution in [-0.2, 0) is 0 Å². The third kappa shape index (κ3) is 3.37. The monoisotopic (exact) mass is 374 g/mol. The van der Waals surface area contributed by atoms with Crippen LogP contribution in [0.5, 0.6) is 23.0 Å². The molecule has 2 aliphatic rings. The molecule has 2 N–H and O–H groups in total. The molecule has 4 rings (SSSR count). The van der Waals surface area contributed by atoms with Crippen LogP contribution >= 0.6 is 11.8 Å². The lowest BCUT2D eigenvalue weighted by Crippen LogP contribution is -2.37. The van der Waals surface area contributed by atoms with Gasteiger partial charge in [-0.3, -0.25) is 5.32 Å².